The van der Waals surface area contributed by atoms with Crippen molar-refractivity contribution in [1.82, 2.24) is 0 Å². The van der Waals surface area contributed by atoms with Crippen LogP contribution in [-0.2, 0) is 22.3 Å². The molecule has 0 aromatic heterocycles. The van der Waals surface area contributed by atoms with Crippen molar-refractivity contribution in [2.24, 2.45) is 0 Å². The normalized spacial score (nSPS) is 12.1. The van der Waals surface area contributed by atoms with Gasteiger partial charge in [0.15, 0.2) is 11.5 Å². The van der Waals surface area contributed by atoms with Crippen molar-refractivity contribution in [3.8, 4) is 17.2 Å². The first-order valence-corrected chi connectivity index (χ1v) is 7.56. The first-order chi connectivity index (χ1) is 9.58. The van der Waals surface area contributed by atoms with Gasteiger partial charge >= 0.3 is 0 Å². The molecule has 0 heterocycles. The molecule has 2 aromatic carbocycles. The third-order valence-electron chi connectivity index (χ3n) is 2.84. The van der Waals surface area contributed by atoms with Crippen molar-refractivity contribution in [1.29, 1.82) is 0 Å². The Morgan fingerprint density at radius 2 is 1.60 bits per heavy atom. The van der Waals surface area contributed by atoms with Crippen LogP contribution in [-0.4, -0.2) is 21.5 Å². The minimum atomic E-state index is -1.06. The van der Waals surface area contributed by atoms with Gasteiger partial charge in [0.1, 0.15) is 5.75 Å². The fraction of sp³-hybridized carbons (Fsp3) is 0.200. The number of methoxy groups -OCH3 is 1. The first kappa shape index (κ1) is 14.4. The average Bonchev–Trinajstić information content (AvgIpc) is 2.43. The molecule has 0 saturated carbocycles. The second kappa shape index (κ2) is 6.43. The van der Waals surface area contributed by atoms with E-state index >= 15 is 0 Å². The van der Waals surface area contributed by atoms with Gasteiger partial charge in [0.25, 0.3) is 0 Å². The Hall–Kier alpha value is -2.01. The van der Waals surface area contributed by atoms with Crippen LogP contribution in [0.2, 0.25) is 0 Å². The molecule has 20 heavy (non-hydrogen) atoms. The molecular weight excluding hydrogens is 276 g/mol. The van der Waals surface area contributed by atoms with E-state index in [1.165, 1.54) is 13.2 Å². The molecule has 2 aromatic rings. The summed E-state index contributed by atoms with van der Waals surface area (Å²) in [6.07, 6.45) is 0. The Labute approximate surface area is 120 Å². The summed E-state index contributed by atoms with van der Waals surface area (Å²) < 4.78 is 17.1. The second-order valence-corrected chi connectivity index (χ2v) is 5.86. The highest BCUT2D eigenvalue weighted by molar-refractivity contribution is 7.83. The van der Waals surface area contributed by atoms with Crippen LogP contribution in [0.4, 0.5) is 0 Å². The molecule has 0 aliphatic rings. The minimum Gasteiger partial charge on any atom is -0.508 e. The van der Waals surface area contributed by atoms with E-state index in [0.29, 0.717) is 17.3 Å². The zero-order valence-corrected chi connectivity index (χ0v) is 11.9. The van der Waals surface area contributed by atoms with Gasteiger partial charge in [-0.05, 0) is 35.4 Å². The Kier molecular flexibility index (Phi) is 4.63. The molecule has 0 saturated heterocycles. The fourth-order valence-corrected chi connectivity index (χ4v) is 3.04. The highest BCUT2D eigenvalue weighted by Gasteiger charge is 2.07. The lowest BCUT2D eigenvalue weighted by Gasteiger charge is -2.07. The lowest BCUT2D eigenvalue weighted by Crippen LogP contribution is -1.99. The van der Waals surface area contributed by atoms with Crippen molar-refractivity contribution >= 4 is 10.8 Å². The van der Waals surface area contributed by atoms with Crippen LogP contribution in [0, 0.1) is 0 Å². The zero-order chi connectivity index (χ0) is 14.5. The maximum Gasteiger partial charge on any atom is 0.160 e. The topological polar surface area (TPSA) is 66.8 Å². The molecule has 0 aliphatic carbocycles. The van der Waals surface area contributed by atoms with Gasteiger partial charge in [-0.3, -0.25) is 4.21 Å². The van der Waals surface area contributed by atoms with Crippen molar-refractivity contribution in [2.75, 3.05) is 7.11 Å². The number of benzene rings is 2. The summed E-state index contributed by atoms with van der Waals surface area (Å²) in [6, 6.07) is 11.6. The summed E-state index contributed by atoms with van der Waals surface area (Å²) in [5.41, 5.74) is 1.75. The molecule has 1 unspecified atom stereocenters. The Morgan fingerprint density at radius 3 is 2.25 bits per heavy atom. The number of phenols is 2. The molecule has 0 amide bonds. The molecule has 0 radical (unpaired) electrons. The lowest BCUT2D eigenvalue weighted by molar-refractivity contribution is 0.373. The van der Waals surface area contributed by atoms with Gasteiger partial charge in [-0.2, -0.15) is 0 Å². The highest BCUT2D eigenvalue weighted by Crippen LogP contribution is 2.27. The quantitative estimate of drug-likeness (QED) is 0.889. The van der Waals surface area contributed by atoms with Gasteiger partial charge in [-0.15, -0.1) is 0 Å². The summed E-state index contributed by atoms with van der Waals surface area (Å²) >= 11 is 0. The summed E-state index contributed by atoms with van der Waals surface area (Å²) in [5, 5.41) is 18.7. The van der Waals surface area contributed by atoms with Crippen molar-refractivity contribution in [3.05, 3.63) is 53.6 Å². The van der Waals surface area contributed by atoms with Crippen LogP contribution in [0.25, 0.3) is 0 Å². The average molecular weight is 292 g/mol. The van der Waals surface area contributed by atoms with E-state index < -0.39 is 10.8 Å². The summed E-state index contributed by atoms with van der Waals surface area (Å²) in [4.78, 5) is 0. The number of hydrogen-bond donors (Lipinski definition) is 2. The second-order valence-electron chi connectivity index (χ2n) is 4.40. The highest BCUT2D eigenvalue weighted by atomic mass is 32.2. The molecule has 106 valence electrons. The number of hydrogen-bond acceptors (Lipinski definition) is 4. The first-order valence-electron chi connectivity index (χ1n) is 6.07. The molecule has 5 heteroatoms. The third-order valence-corrected chi connectivity index (χ3v) is 4.15. The minimum absolute atomic E-state index is 0.0700. The summed E-state index contributed by atoms with van der Waals surface area (Å²) in [7, 11) is 0.414. The smallest absolute Gasteiger partial charge is 0.160 e. The van der Waals surface area contributed by atoms with Crippen molar-refractivity contribution < 1.29 is 19.2 Å². The van der Waals surface area contributed by atoms with Crippen LogP contribution in [0.3, 0.4) is 0 Å². The van der Waals surface area contributed by atoms with E-state index in [2.05, 4.69) is 0 Å². The van der Waals surface area contributed by atoms with Crippen LogP contribution < -0.4 is 4.74 Å². The Balaban J connectivity index is 2.02. The molecule has 2 rings (SSSR count). The van der Waals surface area contributed by atoms with Crippen LogP contribution in [0.1, 0.15) is 11.1 Å². The van der Waals surface area contributed by atoms with E-state index in [9.17, 15) is 14.4 Å². The molecule has 0 spiro atoms. The SMILES string of the molecule is COc1cc(CS(=O)Cc2ccc(O)cc2)ccc1O. The number of rotatable bonds is 5. The van der Waals surface area contributed by atoms with Crippen molar-refractivity contribution in [3.63, 3.8) is 0 Å². The van der Waals surface area contributed by atoms with Gasteiger partial charge in [0.05, 0.1) is 7.11 Å². The van der Waals surface area contributed by atoms with E-state index in [0.717, 1.165) is 11.1 Å². The fourth-order valence-electron chi connectivity index (χ4n) is 1.83. The molecule has 0 fully saturated rings. The predicted molar refractivity (Wildman–Crippen MR) is 78.3 cm³/mol. The monoisotopic (exact) mass is 292 g/mol. The molecule has 0 bridgehead atoms. The van der Waals surface area contributed by atoms with Crippen LogP contribution in [0.5, 0.6) is 17.2 Å². The Morgan fingerprint density at radius 1 is 1.00 bits per heavy atom. The van der Waals surface area contributed by atoms with E-state index in [-0.39, 0.29) is 11.5 Å². The van der Waals surface area contributed by atoms with Gasteiger partial charge in [0.2, 0.25) is 0 Å². The lowest BCUT2D eigenvalue weighted by atomic mass is 10.2. The van der Waals surface area contributed by atoms with Crippen LogP contribution >= 0.6 is 0 Å². The predicted octanol–water partition coefficient (Wildman–Crippen LogP) is 2.56. The molecule has 4 nitrogen and oxygen atoms in total. The van der Waals surface area contributed by atoms with E-state index in [1.54, 1.807) is 36.4 Å². The number of ether oxygens (including phenoxy) is 1. The molecule has 1 atom stereocenters. The third kappa shape index (κ3) is 3.74. The van der Waals surface area contributed by atoms with E-state index in [4.69, 9.17) is 4.74 Å². The molecule has 2 N–H and O–H groups in total. The Bertz CT molecular complexity index is 608. The largest absolute Gasteiger partial charge is 0.508 e. The van der Waals surface area contributed by atoms with Crippen molar-refractivity contribution in [2.45, 2.75) is 11.5 Å². The standard InChI is InChI=1S/C15H16O4S/c1-19-15-8-12(4-7-14(15)17)10-20(18)9-11-2-5-13(16)6-3-11/h2-8,16-17H,9-10H2,1H3. The van der Waals surface area contributed by atoms with Crippen LogP contribution in [0.15, 0.2) is 42.5 Å². The molecule has 0 aliphatic heterocycles. The maximum atomic E-state index is 12.1. The van der Waals surface area contributed by atoms with Gasteiger partial charge < -0.3 is 14.9 Å². The number of aromatic hydroxyl groups is 2. The summed E-state index contributed by atoms with van der Waals surface area (Å²) in [6.45, 7) is 0. The zero-order valence-electron chi connectivity index (χ0n) is 11.1. The molecular formula is C15H16O4S. The van der Waals surface area contributed by atoms with E-state index in [1.807, 2.05) is 0 Å². The maximum absolute atomic E-state index is 12.1. The van der Waals surface area contributed by atoms with Gasteiger partial charge in [-0.1, -0.05) is 18.2 Å². The van der Waals surface area contributed by atoms with Gasteiger partial charge in [0, 0.05) is 22.3 Å². The summed E-state index contributed by atoms with van der Waals surface area (Å²) in [5.74, 6) is 1.45. The number of phenolic OH excluding ortho intramolecular Hbond substituents is 2. The van der Waals surface area contributed by atoms with Gasteiger partial charge in [-0.25, -0.2) is 0 Å².